The Kier molecular flexibility index (Phi) is 6.59. The van der Waals surface area contributed by atoms with Crippen molar-refractivity contribution >= 4 is 16.9 Å². The van der Waals surface area contributed by atoms with Gasteiger partial charge in [0.05, 0.1) is 0 Å². The fraction of sp³-hybridized carbons (Fsp3) is 0.259. The van der Waals surface area contributed by atoms with Crippen molar-refractivity contribution in [3.8, 4) is 22.3 Å². The van der Waals surface area contributed by atoms with Gasteiger partial charge in [-0.3, -0.25) is 9.69 Å². The highest BCUT2D eigenvalue weighted by molar-refractivity contribution is 5.98. The minimum atomic E-state index is -0.589. The molecule has 5 rings (SSSR count). The molecule has 0 unspecified atom stereocenters. The van der Waals surface area contributed by atoms with Gasteiger partial charge in [-0.1, -0.05) is 49.4 Å². The summed E-state index contributed by atoms with van der Waals surface area (Å²) in [5.74, 6) is -0.589. The number of H-pyrrole nitrogens is 1. The van der Waals surface area contributed by atoms with Crippen LogP contribution in [0.25, 0.3) is 43.7 Å². The van der Waals surface area contributed by atoms with Gasteiger partial charge < -0.3 is 9.88 Å². The van der Waals surface area contributed by atoms with E-state index in [-0.39, 0.29) is 0 Å². The average molecular weight is 466 g/mol. The number of amides is 1. The van der Waals surface area contributed by atoms with E-state index in [0.29, 0.717) is 5.56 Å². The fourth-order valence-corrected chi connectivity index (χ4v) is 4.66. The van der Waals surface area contributed by atoms with Gasteiger partial charge in [-0.25, -0.2) is 4.98 Å². The molecule has 1 aliphatic heterocycles. The second-order valence-electron chi connectivity index (χ2n) is 8.81. The van der Waals surface area contributed by atoms with Crippen LogP contribution in [-0.4, -0.2) is 58.4 Å². The zero-order valence-electron chi connectivity index (χ0n) is 19.7. The molecule has 35 heavy (non-hydrogen) atoms. The smallest absolute Gasteiger partial charge is 0.249 e. The molecule has 8 heteroatoms. The molecule has 1 N–H and O–H groups in total. The van der Waals surface area contributed by atoms with E-state index in [2.05, 4.69) is 67.0 Å². The molecule has 1 aliphatic rings. The highest BCUT2D eigenvalue weighted by atomic mass is 16.1. The van der Waals surface area contributed by atoms with E-state index in [1.807, 2.05) is 24.5 Å². The molecule has 0 saturated carbocycles. The van der Waals surface area contributed by atoms with Crippen LogP contribution in [0, 0.1) is 0 Å². The SMILES string of the molecule is CCN1CCN(Cc2cccc(-c3cnc4[nH]cc(-c5ccc(C(=O)N=[N+]=[N-])cc5)c4c3)c2)CC1. The molecule has 2 aromatic carbocycles. The molecule has 0 bridgehead atoms. The van der Waals surface area contributed by atoms with Gasteiger partial charge in [0, 0.05) is 72.1 Å². The summed E-state index contributed by atoms with van der Waals surface area (Å²) in [7, 11) is 0. The van der Waals surface area contributed by atoms with Crippen molar-refractivity contribution in [2.45, 2.75) is 13.5 Å². The van der Waals surface area contributed by atoms with E-state index in [4.69, 9.17) is 5.53 Å². The molecule has 1 fully saturated rings. The Labute approximate surface area is 203 Å². The molecule has 2 aromatic heterocycles. The zero-order valence-corrected chi connectivity index (χ0v) is 19.7. The monoisotopic (exact) mass is 465 g/mol. The molecule has 0 aliphatic carbocycles. The third-order valence-electron chi connectivity index (χ3n) is 6.69. The Morgan fingerprint density at radius 1 is 1.03 bits per heavy atom. The maximum atomic E-state index is 11.8. The van der Waals surface area contributed by atoms with Crippen LogP contribution in [0.5, 0.6) is 0 Å². The summed E-state index contributed by atoms with van der Waals surface area (Å²) >= 11 is 0. The lowest BCUT2D eigenvalue weighted by atomic mass is 10.00. The Morgan fingerprint density at radius 2 is 1.80 bits per heavy atom. The summed E-state index contributed by atoms with van der Waals surface area (Å²) in [5, 5.41) is 4.17. The van der Waals surface area contributed by atoms with Gasteiger partial charge in [0.1, 0.15) is 5.65 Å². The Hall–Kier alpha value is -3.97. The maximum Gasteiger partial charge on any atom is 0.249 e. The predicted molar refractivity (Wildman–Crippen MR) is 138 cm³/mol. The van der Waals surface area contributed by atoms with Crippen LogP contribution in [0.1, 0.15) is 22.8 Å². The topological polar surface area (TPSA) is 101 Å². The predicted octanol–water partition coefficient (Wildman–Crippen LogP) is 5.48. The Morgan fingerprint density at radius 3 is 2.54 bits per heavy atom. The van der Waals surface area contributed by atoms with E-state index in [9.17, 15) is 4.79 Å². The van der Waals surface area contributed by atoms with E-state index in [1.54, 1.807) is 12.1 Å². The second-order valence-corrected chi connectivity index (χ2v) is 8.81. The number of nitrogens with zero attached hydrogens (tertiary/aromatic N) is 6. The molecule has 1 amide bonds. The van der Waals surface area contributed by atoms with Crippen LogP contribution in [0.15, 0.2) is 72.1 Å². The van der Waals surface area contributed by atoms with E-state index in [0.717, 1.165) is 72.6 Å². The second kappa shape index (κ2) is 10.1. The van der Waals surface area contributed by atoms with Crippen LogP contribution < -0.4 is 0 Å². The van der Waals surface area contributed by atoms with Crippen molar-refractivity contribution in [1.29, 1.82) is 0 Å². The van der Waals surface area contributed by atoms with Gasteiger partial charge in [0.2, 0.25) is 5.91 Å². The van der Waals surface area contributed by atoms with Gasteiger partial charge in [-0.2, -0.15) is 0 Å². The molecule has 3 heterocycles. The van der Waals surface area contributed by atoms with Gasteiger partial charge in [-0.15, -0.1) is 0 Å². The van der Waals surface area contributed by atoms with Crippen molar-refractivity contribution in [2.24, 2.45) is 5.11 Å². The van der Waals surface area contributed by atoms with Crippen LogP contribution in [0.3, 0.4) is 0 Å². The number of aromatic amines is 1. The number of azide groups is 1. The molecule has 0 atom stereocenters. The largest absolute Gasteiger partial charge is 0.346 e. The highest BCUT2D eigenvalue weighted by Crippen LogP contribution is 2.31. The van der Waals surface area contributed by atoms with Gasteiger partial charge >= 0.3 is 0 Å². The van der Waals surface area contributed by atoms with Crippen LogP contribution in [0.4, 0.5) is 0 Å². The summed E-state index contributed by atoms with van der Waals surface area (Å²) < 4.78 is 0. The van der Waals surface area contributed by atoms with E-state index < -0.39 is 5.91 Å². The molecule has 0 radical (unpaired) electrons. The first-order valence-electron chi connectivity index (χ1n) is 11.9. The third kappa shape index (κ3) is 4.95. The van der Waals surface area contributed by atoms with Crippen molar-refractivity contribution in [2.75, 3.05) is 32.7 Å². The summed E-state index contributed by atoms with van der Waals surface area (Å²) in [6.45, 7) is 8.77. The van der Waals surface area contributed by atoms with Gasteiger partial charge in [0.15, 0.2) is 0 Å². The number of carbonyl (C=O) groups excluding carboxylic acids is 1. The quantitative estimate of drug-likeness (QED) is 0.231. The zero-order chi connectivity index (χ0) is 24.2. The Bertz CT molecular complexity index is 1390. The first-order valence-corrected chi connectivity index (χ1v) is 11.9. The van der Waals surface area contributed by atoms with Crippen LogP contribution in [0.2, 0.25) is 0 Å². The number of hydrogen-bond donors (Lipinski definition) is 1. The first-order chi connectivity index (χ1) is 17.1. The molecule has 8 nitrogen and oxygen atoms in total. The van der Waals surface area contributed by atoms with Crippen LogP contribution >= 0.6 is 0 Å². The number of likely N-dealkylation sites (N-methyl/N-ethyl adjacent to an activating group) is 1. The highest BCUT2D eigenvalue weighted by Gasteiger charge is 2.16. The lowest BCUT2D eigenvalue weighted by molar-refractivity contribution is 0.100. The number of aromatic nitrogens is 2. The number of hydrogen-bond acceptors (Lipinski definition) is 4. The number of carbonyl (C=O) groups is 1. The van der Waals surface area contributed by atoms with Gasteiger partial charge in [-0.05, 0) is 46.0 Å². The number of fused-ring (bicyclic) bond motifs is 1. The van der Waals surface area contributed by atoms with Crippen molar-refractivity contribution < 1.29 is 4.79 Å². The van der Waals surface area contributed by atoms with Crippen molar-refractivity contribution in [3.05, 3.63) is 88.6 Å². The minimum absolute atomic E-state index is 0.359. The lowest BCUT2D eigenvalue weighted by Gasteiger charge is -2.34. The fourth-order valence-electron chi connectivity index (χ4n) is 4.66. The number of pyridine rings is 1. The lowest BCUT2D eigenvalue weighted by Crippen LogP contribution is -2.45. The number of nitrogens with one attached hydrogen (secondary N) is 1. The van der Waals surface area contributed by atoms with E-state index >= 15 is 0 Å². The number of piperazine rings is 1. The molecule has 176 valence electrons. The Balaban J connectivity index is 1.39. The molecule has 1 saturated heterocycles. The third-order valence-corrected chi connectivity index (χ3v) is 6.69. The first kappa shape index (κ1) is 22.8. The van der Waals surface area contributed by atoms with Crippen molar-refractivity contribution in [1.82, 2.24) is 19.8 Å². The summed E-state index contributed by atoms with van der Waals surface area (Å²) in [6.07, 6.45) is 3.83. The number of rotatable bonds is 6. The van der Waals surface area contributed by atoms with Gasteiger partial charge in [0.25, 0.3) is 0 Å². The summed E-state index contributed by atoms with van der Waals surface area (Å²) in [6, 6.07) is 17.9. The van der Waals surface area contributed by atoms with Crippen molar-refractivity contribution in [3.63, 3.8) is 0 Å². The molecular formula is C27H27N7O. The minimum Gasteiger partial charge on any atom is -0.346 e. The van der Waals surface area contributed by atoms with Crippen LogP contribution in [-0.2, 0) is 6.54 Å². The number of benzene rings is 2. The maximum absolute atomic E-state index is 11.8. The average Bonchev–Trinajstić information content (AvgIpc) is 3.33. The normalized spacial score (nSPS) is 14.7. The molecule has 4 aromatic rings. The van der Waals surface area contributed by atoms with E-state index in [1.165, 1.54) is 5.56 Å². The summed E-state index contributed by atoms with van der Waals surface area (Å²) in [5.41, 5.74) is 15.1. The standard InChI is InChI=1S/C27H27N7O/c1-2-33-10-12-34(13-11-33)18-19-4-3-5-22(14-19)23-15-24-25(17-30-26(24)29-16-23)20-6-8-21(9-7-20)27(35)31-32-28/h3-9,14-17H,2,10-13,18H2,1H3,(H,29,30). The molecular weight excluding hydrogens is 438 g/mol. The molecule has 0 spiro atoms. The summed E-state index contributed by atoms with van der Waals surface area (Å²) in [4.78, 5) is 27.3.